The second-order valence-corrected chi connectivity index (χ2v) is 3.95. The van der Waals surface area contributed by atoms with Gasteiger partial charge < -0.3 is 10.2 Å². The van der Waals surface area contributed by atoms with Crippen LogP contribution >= 0.6 is 0 Å². The van der Waals surface area contributed by atoms with Crippen LogP contribution in [0.25, 0.3) is 0 Å². The second kappa shape index (κ2) is 5.75. The van der Waals surface area contributed by atoms with E-state index in [-0.39, 0.29) is 17.0 Å². The van der Waals surface area contributed by atoms with Crippen molar-refractivity contribution in [1.29, 1.82) is 0 Å². The molecule has 2 N–H and O–H groups in total. The standard InChI is InChI=1S/C14H10N2O4/c17-13-5-4-12(16-20)7-10(13)8-15-11-3-1-2-9(6-11)14(18)19/h1-8,17H,(H,18,19). The molecule has 0 aromatic heterocycles. The minimum absolute atomic E-state index is 0.0458. The van der Waals surface area contributed by atoms with E-state index in [9.17, 15) is 14.8 Å². The van der Waals surface area contributed by atoms with Gasteiger partial charge in [0.1, 0.15) is 11.4 Å². The lowest BCUT2D eigenvalue weighted by Gasteiger charge is -1.99. The van der Waals surface area contributed by atoms with E-state index in [1.54, 1.807) is 12.1 Å². The van der Waals surface area contributed by atoms with Crippen molar-refractivity contribution in [3.05, 3.63) is 58.5 Å². The van der Waals surface area contributed by atoms with Gasteiger partial charge >= 0.3 is 5.97 Å². The molecular weight excluding hydrogens is 260 g/mol. The number of phenols is 1. The smallest absolute Gasteiger partial charge is 0.335 e. The van der Waals surface area contributed by atoms with Crippen molar-refractivity contribution in [2.45, 2.75) is 0 Å². The Kier molecular flexibility index (Phi) is 3.85. The highest BCUT2D eigenvalue weighted by Crippen LogP contribution is 2.22. The van der Waals surface area contributed by atoms with Crippen LogP contribution in [0, 0.1) is 4.91 Å². The number of rotatable bonds is 4. The van der Waals surface area contributed by atoms with E-state index in [1.807, 2.05) is 0 Å². The molecule has 0 unspecified atom stereocenters. The summed E-state index contributed by atoms with van der Waals surface area (Å²) in [6.07, 6.45) is 1.34. The Bertz CT molecular complexity index is 695. The molecule has 0 fully saturated rings. The first-order valence-electron chi connectivity index (χ1n) is 5.64. The number of nitrogens with zero attached hydrogens (tertiary/aromatic N) is 2. The van der Waals surface area contributed by atoms with E-state index in [0.717, 1.165) is 0 Å². The van der Waals surface area contributed by atoms with Gasteiger partial charge in [-0.1, -0.05) is 6.07 Å². The van der Waals surface area contributed by atoms with E-state index < -0.39 is 5.97 Å². The van der Waals surface area contributed by atoms with Crippen LogP contribution in [0.1, 0.15) is 15.9 Å². The van der Waals surface area contributed by atoms with Gasteiger partial charge in [0, 0.05) is 11.8 Å². The molecule has 6 nitrogen and oxygen atoms in total. The van der Waals surface area contributed by atoms with Gasteiger partial charge in [-0.05, 0) is 41.6 Å². The predicted octanol–water partition coefficient (Wildman–Crippen LogP) is 3.24. The maximum Gasteiger partial charge on any atom is 0.335 e. The minimum atomic E-state index is -1.04. The SMILES string of the molecule is O=Nc1ccc(O)c(C=Nc2cccc(C(=O)O)c2)c1. The zero-order chi connectivity index (χ0) is 14.5. The van der Waals surface area contributed by atoms with Gasteiger partial charge in [0.25, 0.3) is 0 Å². The molecule has 2 aromatic carbocycles. The fourth-order valence-corrected chi connectivity index (χ4v) is 1.57. The summed E-state index contributed by atoms with van der Waals surface area (Å²) in [5, 5.41) is 21.3. The van der Waals surface area contributed by atoms with Crippen LogP contribution in [-0.2, 0) is 0 Å². The predicted molar refractivity (Wildman–Crippen MR) is 74.2 cm³/mol. The molecule has 0 aliphatic carbocycles. The lowest BCUT2D eigenvalue weighted by molar-refractivity contribution is 0.0697. The number of phenolic OH excluding ortho intramolecular Hbond substituents is 1. The quantitative estimate of drug-likeness (QED) is 0.658. The largest absolute Gasteiger partial charge is 0.507 e. The molecule has 0 aliphatic rings. The monoisotopic (exact) mass is 270 g/mol. The molecule has 0 saturated heterocycles. The molecule has 2 aromatic rings. The Hall–Kier alpha value is -3.02. The summed E-state index contributed by atoms with van der Waals surface area (Å²) in [7, 11) is 0. The first-order chi connectivity index (χ1) is 9.60. The van der Waals surface area contributed by atoms with Crippen LogP contribution in [0.5, 0.6) is 5.75 Å². The molecule has 0 spiro atoms. The molecule has 20 heavy (non-hydrogen) atoms. The highest BCUT2D eigenvalue weighted by Gasteiger charge is 2.03. The average Bonchev–Trinajstić information content (AvgIpc) is 2.46. The Labute approximate surface area is 114 Å². The Balaban J connectivity index is 2.31. The fourth-order valence-electron chi connectivity index (χ4n) is 1.57. The van der Waals surface area contributed by atoms with Crippen LogP contribution in [0.15, 0.2) is 52.6 Å². The Morgan fingerprint density at radius 3 is 2.60 bits per heavy atom. The Morgan fingerprint density at radius 1 is 1.10 bits per heavy atom. The molecule has 100 valence electrons. The third-order valence-electron chi connectivity index (χ3n) is 2.56. The molecule has 0 heterocycles. The molecule has 0 bridgehead atoms. The van der Waals surface area contributed by atoms with E-state index in [1.165, 1.54) is 36.5 Å². The number of carbonyl (C=O) groups is 1. The number of carboxylic acid groups (broad SMARTS) is 1. The lowest BCUT2D eigenvalue weighted by Crippen LogP contribution is -1.94. The van der Waals surface area contributed by atoms with Gasteiger partial charge in [0.15, 0.2) is 0 Å². The fraction of sp³-hybridized carbons (Fsp3) is 0. The molecular formula is C14H10N2O4. The van der Waals surface area contributed by atoms with Gasteiger partial charge in [0.05, 0.1) is 11.3 Å². The van der Waals surface area contributed by atoms with Crippen LogP contribution in [0.2, 0.25) is 0 Å². The summed E-state index contributed by atoms with van der Waals surface area (Å²) in [4.78, 5) is 25.3. The van der Waals surface area contributed by atoms with Crippen molar-refractivity contribution in [3.8, 4) is 5.75 Å². The van der Waals surface area contributed by atoms with Crippen molar-refractivity contribution in [3.63, 3.8) is 0 Å². The van der Waals surface area contributed by atoms with Crippen molar-refractivity contribution in [1.82, 2.24) is 0 Å². The molecule has 0 saturated carbocycles. The number of aliphatic imine (C=N–C) groups is 1. The molecule has 0 radical (unpaired) electrons. The highest BCUT2D eigenvalue weighted by atomic mass is 16.4. The van der Waals surface area contributed by atoms with E-state index >= 15 is 0 Å². The second-order valence-electron chi connectivity index (χ2n) is 3.95. The maximum absolute atomic E-state index is 10.8. The number of hydrogen-bond donors (Lipinski definition) is 2. The van der Waals surface area contributed by atoms with Crippen molar-refractivity contribution >= 4 is 23.6 Å². The number of hydrogen-bond acceptors (Lipinski definition) is 5. The molecule has 0 aliphatic heterocycles. The summed E-state index contributed by atoms with van der Waals surface area (Å²) < 4.78 is 0. The molecule has 0 atom stereocenters. The minimum Gasteiger partial charge on any atom is -0.507 e. The average molecular weight is 270 g/mol. The van der Waals surface area contributed by atoms with Gasteiger partial charge in [-0.3, -0.25) is 4.99 Å². The number of aromatic hydroxyl groups is 1. The van der Waals surface area contributed by atoms with Gasteiger partial charge in [-0.15, -0.1) is 4.91 Å². The molecule has 6 heteroatoms. The zero-order valence-corrected chi connectivity index (χ0v) is 10.2. The summed E-state index contributed by atoms with van der Waals surface area (Å²) in [5.41, 5.74) is 1.03. The third-order valence-corrected chi connectivity index (χ3v) is 2.56. The van der Waals surface area contributed by atoms with Crippen LogP contribution < -0.4 is 0 Å². The molecule has 0 amide bonds. The first kappa shape index (κ1) is 13.4. The summed E-state index contributed by atoms with van der Waals surface area (Å²) in [5.74, 6) is -1.09. The molecule has 2 rings (SSSR count). The highest BCUT2D eigenvalue weighted by molar-refractivity contribution is 5.90. The number of aromatic carboxylic acids is 1. The normalized spacial score (nSPS) is 10.6. The van der Waals surface area contributed by atoms with Crippen LogP contribution in [-0.4, -0.2) is 22.4 Å². The number of nitroso groups, excluding NO2 is 1. The summed E-state index contributed by atoms with van der Waals surface area (Å²) in [6, 6.07) is 10.2. The number of benzene rings is 2. The number of carboxylic acids is 1. The lowest BCUT2D eigenvalue weighted by atomic mass is 10.2. The van der Waals surface area contributed by atoms with E-state index in [2.05, 4.69) is 10.2 Å². The Morgan fingerprint density at radius 2 is 1.90 bits per heavy atom. The van der Waals surface area contributed by atoms with E-state index in [4.69, 9.17) is 5.11 Å². The van der Waals surface area contributed by atoms with Crippen molar-refractivity contribution in [2.75, 3.05) is 0 Å². The zero-order valence-electron chi connectivity index (χ0n) is 10.2. The maximum atomic E-state index is 10.8. The van der Waals surface area contributed by atoms with Crippen molar-refractivity contribution in [2.24, 2.45) is 10.2 Å². The van der Waals surface area contributed by atoms with Gasteiger partial charge in [-0.25, -0.2) is 4.79 Å². The van der Waals surface area contributed by atoms with Gasteiger partial charge in [0.2, 0.25) is 0 Å². The van der Waals surface area contributed by atoms with Gasteiger partial charge in [-0.2, -0.15) is 0 Å². The third kappa shape index (κ3) is 3.05. The van der Waals surface area contributed by atoms with Crippen LogP contribution in [0.4, 0.5) is 11.4 Å². The topological polar surface area (TPSA) is 99.3 Å². The van der Waals surface area contributed by atoms with E-state index in [0.29, 0.717) is 11.3 Å². The first-order valence-corrected chi connectivity index (χ1v) is 5.64. The van der Waals surface area contributed by atoms with Crippen molar-refractivity contribution < 1.29 is 15.0 Å². The van der Waals surface area contributed by atoms with Crippen LogP contribution in [0.3, 0.4) is 0 Å². The summed E-state index contributed by atoms with van der Waals surface area (Å²) >= 11 is 0. The summed E-state index contributed by atoms with van der Waals surface area (Å²) in [6.45, 7) is 0.